The fourth-order valence-electron chi connectivity index (χ4n) is 2.95. The van der Waals surface area contributed by atoms with E-state index in [0.29, 0.717) is 10.5 Å². The van der Waals surface area contributed by atoms with Crippen LogP contribution in [0.4, 0.5) is 8.78 Å². The molecule has 1 aliphatic heterocycles. The number of nitrogens with one attached hydrogen (secondary N) is 3. The average molecular weight is 451 g/mol. The standard InChI is InChI=1S/C18H22Cl2F2N4OS/c1-25-16(12(19)8-24)11-6-15(28-17(11)20)18(27)26-10(7-23)4-9-2-3-13(21)14(22)5-9/h2-3,5-6,8,10-12,16-17,24-25H,4,7,23H2,1H3,(H,26,27)/t10-,11?,12?,16?,17?/m0/s1. The van der Waals surface area contributed by atoms with Gasteiger partial charge in [-0.25, -0.2) is 8.78 Å². The molecular formula is C18H22Cl2F2N4OS. The smallest absolute Gasteiger partial charge is 0.257 e. The van der Waals surface area contributed by atoms with E-state index in [1.165, 1.54) is 17.8 Å². The molecule has 2 rings (SSSR count). The van der Waals surface area contributed by atoms with E-state index in [0.717, 1.165) is 18.3 Å². The molecule has 1 aromatic rings. The van der Waals surface area contributed by atoms with Crippen molar-refractivity contribution < 1.29 is 13.6 Å². The first kappa shape index (κ1) is 23.1. The number of rotatable bonds is 9. The SMILES string of the molecule is CNC(C(Cl)C=N)C1C=C(C(=O)N[C@H](CN)Cc2ccc(F)c(F)c2)SC1Cl. The molecule has 0 saturated carbocycles. The summed E-state index contributed by atoms with van der Waals surface area (Å²) in [5.74, 6) is -2.46. The van der Waals surface area contributed by atoms with E-state index in [1.807, 2.05) is 0 Å². The summed E-state index contributed by atoms with van der Waals surface area (Å²) >= 11 is 13.7. The minimum Gasteiger partial charge on any atom is -0.347 e. The second-order valence-electron chi connectivity index (χ2n) is 6.36. The Labute approximate surface area is 176 Å². The first-order valence-corrected chi connectivity index (χ1v) is 10.3. The Morgan fingerprint density at radius 2 is 2.14 bits per heavy atom. The van der Waals surface area contributed by atoms with Gasteiger partial charge in [-0.15, -0.1) is 35.0 Å². The number of hydrogen-bond donors (Lipinski definition) is 4. The fourth-order valence-corrected chi connectivity index (χ4v) is 4.81. The molecular weight excluding hydrogens is 429 g/mol. The van der Waals surface area contributed by atoms with E-state index >= 15 is 0 Å². The summed E-state index contributed by atoms with van der Waals surface area (Å²) in [6, 6.07) is 2.84. The van der Waals surface area contributed by atoms with Crippen LogP contribution in [-0.4, -0.2) is 47.9 Å². The van der Waals surface area contributed by atoms with E-state index in [9.17, 15) is 13.6 Å². The van der Waals surface area contributed by atoms with Crippen LogP contribution in [0.2, 0.25) is 0 Å². The second kappa shape index (κ2) is 10.5. The summed E-state index contributed by atoms with van der Waals surface area (Å²) in [5.41, 5.74) is 6.26. The van der Waals surface area contributed by atoms with Gasteiger partial charge in [-0.3, -0.25) is 4.79 Å². The highest BCUT2D eigenvalue weighted by Crippen LogP contribution is 2.41. The normalized spacial score (nSPS) is 22.3. The molecule has 0 bridgehead atoms. The molecule has 0 aliphatic carbocycles. The number of carbonyl (C=O) groups excluding carboxylic acids is 1. The zero-order valence-electron chi connectivity index (χ0n) is 15.1. The maximum atomic E-state index is 13.4. The van der Waals surface area contributed by atoms with Gasteiger partial charge >= 0.3 is 0 Å². The Balaban J connectivity index is 2.06. The molecule has 28 heavy (non-hydrogen) atoms. The Morgan fingerprint density at radius 3 is 2.71 bits per heavy atom. The van der Waals surface area contributed by atoms with Crippen molar-refractivity contribution in [2.24, 2.45) is 11.7 Å². The largest absolute Gasteiger partial charge is 0.347 e. The highest BCUT2D eigenvalue weighted by molar-refractivity contribution is 8.05. The summed E-state index contributed by atoms with van der Waals surface area (Å²) < 4.78 is 26.0. The van der Waals surface area contributed by atoms with Crippen LogP contribution in [-0.2, 0) is 11.2 Å². The molecule has 4 unspecified atom stereocenters. The lowest BCUT2D eigenvalue weighted by atomic mass is 9.98. The molecule has 1 amide bonds. The number of nitrogens with two attached hydrogens (primary N) is 1. The molecule has 154 valence electrons. The molecule has 1 heterocycles. The van der Waals surface area contributed by atoms with E-state index in [2.05, 4.69) is 10.6 Å². The van der Waals surface area contributed by atoms with Crippen LogP contribution < -0.4 is 16.4 Å². The monoisotopic (exact) mass is 450 g/mol. The predicted octanol–water partition coefficient (Wildman–Crippen LogP) is 2.61. The van der Waals surface area contributed by atoms with Crippen LogP contribution in [0, 0.1) is 23.0 Å². The van der Waals surface area contributed by atoms with Crippen LogP contribution in [0.3, 0.4) is 0 Å². The lowest BCUT2D eigenvalue weighted by Crippen LogP contribution is -2.43. The fraction of sp³-hybridized carbons (Fsp3) is 0.444. The Morgan fingerprint density at radius 1 is 1.43 bits per heavy atom. The third-order valence-corrected chi connectivity index (χ3v) is 6.52. The maximum Gasteiger partial charge on any atom is 0.257 e. The summed E-state index contributed by atoms with van der Waals surface area (Å²) in [6.45, 7) is 0.132. The van der Waals surface area contributed by atoms with Gasteiger partial charge in [0.2, 0.25) is 0 Å². The van der Waals surface area contributed by atoms with Crippen molar-refractivity contribution in [2.75, 3.05) is 13.6 Å². The van der Waals surface area contributed by atoms with Gasteiger partial charge in [-0.05, 0) is 31.2 Å². The highest BCUT2D eigenvalue weighted by Gasteiger charge is 2.37. The van der Waals surface area contributed by atoms with Crippen molar-refractivity contribution in [3.63, 3.8) is 0 Å². The van der Waals surface area contributed by atoms with Gasteiger partial charge in [0.05, 0.1) is 15.0 Å². The van der Waals surface area contributed by atoms with Crippen molar-refractivity contribution in [1.29, 1.82) is 5.41 Å². The topological polar surface area (TPSA) is 91.0 Å². The van der Waals surface area contributed by atoms with Crippen molar-refractivity contribution >= 4 is 47.1 Å². The zero-order chi connectivity index (χ0) is 20.8. The molecule has 5 atom stereocenters. The lowest BCUT2D eigenvalue weighted by Gasteiger charge is -2.25. The number of hydrogen-bond acceptors (Lipinski definition) is 5. The molecule has 0 saturated heterocycles. The molecule has 0 spiro atoms. The Hall–Kier alpha value is -1.19. The van der Waals surface area contributed by atoms with Crippen molar-refractivity contribution in [1.82, 2.24) is 10.6 Å². The van der Waals surface area contributed by atoms with Crippen LogP contribution in [0.5, 0.6) is 0 Å². The minimum absolute atomic E-state index is 0.132. The van der Waals surface area contributed by atoms with E-state index in [-0.39, 0.29) is 30.8 Å². The zero-order valence-corrected chi connectivity index (χ0v) is 17.4. The number of benzene rings is 1. The van der Waals surface area contributed by atoms with E-state index in [1.54, 1.807) is 13.1 Å². The molecule has 0 aromatic heterocycles. The number of amides is 1. The molecule has 5 N–H and O–H groups in total. The number of halogens is 4. The van der Waals surface area contributed by atoms with Crippen LogP contribution >= 0.6 is 35.0 Å². The molecule has 0 fully saturated rings. The van der Waals surface area contributed by atoms with Crippen molar-refractivity contribution in [3.8, 4) is 0 Å². The molecule has 5 nitrogen and oxygen atoms in total. The van der Waals surface area contributed by atoms with Crippen molar-refractivity contribution in [2.45, 2.75) is 28.6 Å². The number of thioether (sulfide) groups is 1. The summed E-state index contributed by atoms with van der Waals surface area (Å²) in [7, 11) is 1.72. The predicted molar refractivity (Wildman–Crippen MR) is 111 cm³/mol. The van der Waals surface area contributed by atoms with Gasteiger partial charge in [0.15, 0.2) is 11.6 Å². The highest BCUT2D eigenvalue weighted by atomic mass is 35.5. The van der Waals surface area contributed by atoms with Crippen LogP contribution in [0.25, 0.3) is 0 Å². The lowest BCUT2D eigenvalue weighted by molar-refractivity contribution is -0.117. The first-order chi connectivity index (χ1) is 13.3. The number of alkyl halides is 2. The summed E-state index contributed by atoms with van der Waals surface area (Å²) in [6.07, 6.45) is 3.12. The first-order valence-electron chi connectivity index (χ1n) is 8.60. The van der Waals surface area contributed by atoms with Crippen LogP contribution in [0.15, 0.2) is 29.2 Å². The van der Waals surface area contributed by atoms with Crippen molar-refractivity contribution in [3.05, 3.63) is 46.4 Å². The maximum absolute atomic E-state index is 13.4. The average Bonchev–Trinajstić information content (AvgIpc) is 3.06. The van der Waals surface area contributed by atoms with Crippen LogP contribution in [0.1, 0.15) is 5.56 Å². The Kier molecular flexibility index (Phi) is 8.70. The minimum atomic E-state index is -0.943. The third-order valence-electron chi connectivity index (χ3n) is 4.45. The third kappa shape index (κ3) is 5.67. The summed E-state index contributed by atoms with van der Waals surface area (Å²) in [5, 5.41) is 12.6. The number of carbonyl (C=O) groups is 1. The Bertz CT molecular complexity index is 752. The van der Waals surface area contributed by atoms with E-state index < -0.39 is 27.8 Å². The van der Waals surface area contributed by atoms with Gasteiger partial charge < -0.3 is 21.8 Å². The summed E-state index contributed by atoms with van der Waals surface area (Å²) in [4.78, 5) is 13.1. The molecule has 1 aliphatic rings. The molecule has 0 radical (unpaired) electrons. The second-order valence-corrected chi connectivity index (χ2v) is 8.78. The molecule has 10 heteroatoms. The quantitative estimate of drug-likeness (QED) is 0.343. The van der Waals surface area contributed by atoms with Gasteiger partial charge in [0.25, 0.3) is 5.91 Å². The van der Waals surface area contributed by atoms with E-state index in [4.69, 9.17) is 34.3 Å². The van der Waals surface area contributed by atoms with Gasteiger partial charge in [-0.1, -0.05) is 12.1 Å². The van der Waals surface area contributed by atoms with Gasteiger partial charge in [-0.2, -0.15) is 0 Å². The van der Waals surface area contributed by atoms with Gasteiger partial charge in [0, 0.05) is 30.8 Å². The molecule has 1 aromatic carbocycles. The van der Waals surface area contributed by atoms with Gasteiger partial charge in [0.1, 0.15) is 0 Å².